The number of furan rings is 2. The first kappa shape index (κ1) is 17.8. The van der Waals surface area contributed by atoms with Gasteiger partial charge < -0.3 is 9.32 Å². The summed E-state index contributed by atoms with van der Waals surface area (Å²) in [4.78, 5) is 2.31. The minimum atomic E-state index is 0.958. The molecule has 0 atom stereocenters. The van der Waals surface area contributed by atoms with Crippen LogP contribution >= 0.6 is 0 Å². The lowest BCUT2D eigenvalue weighted by atomic mass is 9.98. The van der Waals surface area contributed by atoms with Crippen molar-refractivity contribution < 1.29 is 4.42 Å². The topological polar surface area (TPSA) is 16.4 Å². The summed E-state index contributed by atoms with van der Waals surface area (Å²) in [6.07, 6.45) is 0. The van der Waals surface area contributed by atoms with Gasteiger partial charge in [-0.1, -0.05) is 48.5 Å². The molecule has 2 nitrogen and oxygen atoms in total. The minimum absolute atomic E-state index is 0.958. The summed E-state index contributed by atoms with van der Waals surface area (Å²) in [6, 6.07) is 38.4. The van der Waals surface area contributed by atoms with Crippen molar-refractivity contribution in [3.63, 3.8) is 0 Å². The Morgan fingerprint density at radius 3 is 1.77 bits per heavy atom. The van der Waals surface area contributed by atoms with Crippen LogP contribution in [0.3, 0.4) is 0 Å². The third-order valence-corrected chi connectivity index (χ3v) is 5.96. The second-order valence-corrected chi connectivity index (χ2v) is 7.93. The van der Waals surface area contributed by atoms with E-state index in [-0.39, 0.29) is 0 Å². The summed E-state index contributed by atoms with van der Waals surface area (Å²) < 4.78 is 5.82. The molecule has 0 aliphatic rings. The van der Waals surface area contributed by atoms with Crippen molar-refractivity contribution in [1.29, 1.82) is 0 Å². The van der Waals surface area contributed by atoms with E-state index in [0.717, 1.165) is 22.5 Å². The van der Waals surface area contributed by atoms with Crippen molar-refractivity contribution in [2.24, 2.45) is 0 Å². The predicted molar refractivity (Wildman–Crippen MR) is 130 cm³/mol. The van der Waals surface area contributed by atoms with Gasteiger partial charge in [0.2, 0.25) is 0 Å². The fourth-order valence-electron chi connectivity index (χ4n) is 4.44. The van der Waals surface area contributed by atoms with Gasteiger partial charge in [-0.05, 0) is 84.3 Å². The van der Waals surface area contributed by atoms with E-state index in [1.54, 1.807) is 0 Å². The van der Waals surface area contributed by atoms with Crippen LogP contribution in [-0.4, -0.2) is 0 Å². The van der Waals surface area contributed by atoms with E-state index in [4.69, 9.17) is 4.42 Å². The van der Waals surface area contributed by atoms with Gasteiger partial charge >= 0.3 is 0 Å². The zero-order valence-corrected chi connectivity index (χ0v) is 17.2. The Morgan fingerprint density at radius 2 is 1.13 bits per heavy atom. The second kappa shape index (κ2) is 7.03. The van der Waals surface area contributed by atoms with Gasteiger partial charge in [0.05, 0.1) is 0 Å². The Hall–Kier alpha value is -4.04. The number of hydrogen-bond acceptors (Lipinski definition) is 2. The first-order chi connectivity index (χ1) is 15.3. The molecule has 0 radical (unpaired) electrons. The van der Waals surface area contributed by atoms with Crippen molar-refractivity contribution in [3.8, 4) is 11.1 Å². The molecule has 2 bridgehead atoms. The normalized spacial score (nSPS) is 11.4. The van der Waals surface area contributed by atoms with Gasteiger partial charge in [-0.2, -0.15) is 0 Å². The van der Waals surface area contributed by atoms with Crippen molar-refractivity contribution in [1.82, 2.24) is 0 Å². The Balaban J connectivity index is 1.45. The third kappa shape index (κ3) is 2.96. The second-order valence-electron chi connectivity index (χ2n) is 7.93. The maximum Gasteiger partial charge on any atom is 0.135 e. The highest BCUT2D eigenvalue weighted by Crippen LogP contribution is 2.39. The standard InChI is InChI=1S/C29H21NO/c1-20-18-21(22-12-14-25-26(19-22)29-17-16-28(25)31-29)13-15-27(20)30(23-8-4-2-5-9-23)24-10-6-3-7-11-24/h2-19H,1H3. The summed E-state index contributed by atoms with van der Waals surface area (Å²) in [6.45, 7) is 2.18. The highest BCUT2D eigenvalue weighted by Gasteiger charge is 2.15. The Bertz CT molecular complexity index is 1440. The molecule has 31 heavy (non-hydrogen) atoms. The summed E-state index contributed by atoms with van der Waals surface area (Å²) >= 11 is 0. The largest absolute Gasteiger partial charge is 0.456 e. The molecule has 0 aliphatic carbocycles. The van der Waals surface area contributed by atoms with Gasteiger partial charge in [0.15, 0.2) is 0 Å². The maximum atomic E-state index is 5.82. The number of para-hydroxylation sites is 2. The SMILES string of the molecule is Cc1cc(-c2ccc3c4ccc(o4)c3c2)ccc1N(c1ccccc1)c1ccccc1. The lowest BCUT2D eigenvalue weighted by Gasteiger charge is -2.27. The minimum Gasteiger partial charge on any atom is -0.456 e. The lowest BCUT2D eigenvalue weighted by molar-refractivity contribution is 0.679. The van der Waals surface area contributed by atoms with Crippen LogP contribution in [0.25, 0.3) is 33.1 Å². The Morgan fingerprint density at radius 1 is 0.548 bits per heavy atom. The number of fused-ring (bicyclic) bond motifs is 5. The van der Waals surface area contributed by atoms with E-state index in [2.05, 4.69) is 109 Å². The summed E-state index contributed by atoms with van der Waals surface area (Å²) in [5.74, 6) is 0. The fraction of sp³-hybridized carbons (Fsp3) is 0.0345. The average molecular weight is 399 g/mol. The quantitative estimate of drug-likeness (QED) is 0.295. The molecule has 148 valence electrons. The fourth-order valence-corrected chi connectivity index (χ4v) is 4.44. The van der Waals surface area contributed by atoms with Gasteiger partial charge in [0, 0.05) is 27.8 Å². The van der Waals surface area contributed by atoms with Gasteiger partial charge in [-0.25, -0.2) is 0 Å². The summed E-state index contributed by atoms with van der Waals surface area (Å²) in [5.41, 5.74) is 9.04. The number of rotatable bonds is 4. The molecule has 0 saturated heterocycles. The van der Waals surface area contributed by atoms with Crippen LogP contribution in [0.4, 0.5) is 17.1 Å². The van der Waals surface area contributed by atoms with Crippen molar-refractivity contribution >= 4 is 39.0 Å². The molecule has 4 aromatic carbocycles. The Labute approximate surface area is 181 Å². The molecular weight excluding hydrogens is 378 g/mol. The van der Waals surface area contributed by atoms with Gasteiger partial charge in [-0.3, -0.25) is 0 Å². The van der Waals surface area contributed by atoms with Crippen LogP contribution in [0.5, 0.6) is 0 Å². The zero-order valence-electron chi connectivity index (χ0n) is 17.2. The molecule has 0 fully saturated rings. The number of hydrogen-bond donors (Lipinski definition) is 0. The van der Waals surface area contributed by atoms with Gasteiger partial charge in [0.25, 0.3) is 0 Å². The molecule has 0 N–H and O–H groups in total. The molecule has 2 heterocycles. The van der Waals surface area contributed by atoms with Gasteiger partial charge in [0.1, 0.15) is 11.2 Å². The third-order valence-electron chi connectivity index (χ3n) is 5.96. The molecular formula is C29H21NO. The van der Waals surface area contributed by atoms with E-state index < -0.39 is 0 Å². The molecule has 6 aromatic rings. The molecule has 2 aromatic heterocycles. The van der Waals surface area contributed by atoms with Gasteiger partial charge in [-0.15, -0.1) is 0 Å². The molecule has 0 unspecified atom stereocenters. The van der Waals surface area contributed by atoms with E-state index in [1.165, 1.54) is 33.2 Å². The van der Waals surface area contributed by atoms with E-state index in [1.807, 2.05) is 12.1 Å². The first-order valence-electron chi connectivity index (χ1n) is 10.5. The Kier molecular flexibility index (Phi) is 4.03. The smallest absolute Gasteiger partial charge is 0.135 e. The lowest BCUT2D eigenvalue weighted by Crippen LogP contribution is -2.11. The number of anilines is 3. The molecule has 0 spiro atoms. The zero-order chi connectivity index (χ0) is 20.8. The summed E-state index contributed by atoms with van der Waals surface area (Å²) in [5, 5.41) is 2.38. The highest BCUT2D eigenvalue weighted by atomic mass is 16.3. The molecule has 0 amide bonds. The van der Waals surface area contributed by atoms with E-state index in [0.29, 0.717) is 0 Å². The number of aryl methyl sites for hydroxylation is 1. The van der Waals surface area contributed by atoms with Crippen molar-refractivity contribution in [2.45, 2.75) is 6.92 Å². The van der Waals surface area contributed by atoms with Crippen molar-refractivity contribution in [3.05, 3.63) is 115 Å². The predicted octanol–water partition coefficient (Wildman–Crippen LogP) is 8.47. The van der Waals surface area contributed by atoms with Crippen LogP contribution in [0.15, 0.2) is 114 Å². The molecule has 6 rings (SSSR count). The molecule has 0 saturated carbocycles. The van der Waals surface area contributed by atoms with Crippen LogP contribution in [-0.2, 0) is 0 Å². The average Bonchev–Trinajstić information content (AvgIpc) is 3.44. The number of benzene rings is 5. The van der Waals surface area contributed by atoms with Crippen LogP contribution in [0.2, 0.25) is 0 Å². The van der Waals surface area contributed by atoms with Crippen molar-refractivity contribution in [2.75, 3.05) is 4.90 Å². The molecule has 2 heteroatoms. The highest BCUT2D eigenvalue weighted by molar-refractivity contribution is 6.08. The van der Waals surface area contributed by atoms with Crippen LogP contribution in [0, 0.1) is 6.92 Å². The maximum absolute atomic E-state index is 5.82. The summed E-state index contributed by atoms with van der Waals surface area (Å²) in [7, 11) is 0. The first-order valence-corrected chi connectivity index (χ1v) is 10.5. The monoisotopic (exact) mass is 399 g/mol. The van der Waals surface area contributed by atoms with E-state index >= 15 is 0 Å². The number of nitrogens with zero attached hydrogens (tertiary/aromatic N) is 1. The van der Waals surface area contributed by atoms with Crippen LogP contribution in [0.1, 0.15) is 5.56 Å². The van der Waals surface area contributed by atoms with Crippen LogP contribution < -0.4 is 4.90 Å². The van der Waals surface area contributed by atoms with E-state index in [9.17, 15) is 0 Å². The molecule has 0 aliphatic heterocycles.